The fraction of sp³-hybridized carbons (Fsp3) is 0.286. The largest absolute Gasteiger partial charge is 0.476 e. The minimum absolute atomic E-state index is 0.279. The zero-order valence-electron chi connectivity index (χ0n) is 14.8. The molecule has 1 atom stereocenters. The molecule has 5 rings (SSSR count). The summed E-state index contributed by atoms with van der Waals surface area (Å²) >= 11 is 0. The van der Waals surface area contributed by atoms with Crippen LogP contribution in [0.5, 0.6) is 5.88 Å². The number of ether oxygens (including phenoxy) is 1. The number of carbonyl (C=O) groups is 1. The lowest BCUT2D eigenvalue weighted by Crippen LogP contribution is -2.21. The van der Waals surface area contributed by atoms with Crippen molar-refractivity contribution in [3.63, 3.8) is 0 Å². The maximum Gasteiger partial charge on any atom is 0.231 e. The quantitative estimate of drug-likeness (QED) is 0.543. The molecule has 136 valence electrons. The van der Waals surface area contributed by atoms with Gasteiger partial charge in [-0.05, 0) is 37.0 Å². The Bertz CT molecular complexity index is 1100. The van der Waals surface area contributed by atoms with E-state index < -0.39 is 0 Å². The summed E-state index contributed by atoms with van der Waals surface area (Å²) in [5, 5.41) is 5.61. The second-order valence-corrected chi connectivity index (χ2v) is 7.05. The standard InChI is InChI=1S/C21H19N3O3/c25-16-6-3-4-14(10-16)13-26-21-9-8-20-22-12-17(24(20)23-21)19-11-15-5-1-2-7-18(15)27-19/h1-2,5,7-9,11-12,14H,3-4,6,10,13H2. The van der Waals surface area contributed by atoms with Crippen molar-refractivity contribution in [2.75, 3.05) is 6.61 Å². The molecular weight excluding hydrogens is 342 g/mol. The summed E-state index contributed by atoms with van der Waals surface area (Å²) in [6.45, 7) is 0.513. The summed E-state index contributed by atoms with van der Waals surface area (Å²) in [7, 11) is 0. The molecule has 0 spiro atoms. The Morgan fingerprint density at radius 1 is 1.22 bits per heavy atom. The predicted molar refractivity (Wildman–Crippen MR) is 101 cm³/mol. The van der Waals surface area contributed by atoms with Gasteiger partial charge in [0.15, 0.2) is 11.4 Å². The minimum atomic E-state index is 0.279. The van der Waals surface area contributed by atoms with Crippen molar-refractivity contribution in [2.24, 2.45) is 5.92 Å². The van der Waals surface area contributed by atoms with E-state index in [4.69, 9.17) is 9.15 Å². The van der Waals surface area contributed by atoms with Crippen LogP contribution in [-0.4, -0.2) is 27.0 Å². The lowest BCUT2D eigenvalue weighted by Gasteiger charge is -2.20. The number of fused-ring (bicyclic) bond motifs is 2. The van der Waals surface area contributed by atoms with Crippen LogP contribution in [-0.2, 0) is 4.79 Å². The summed E-state index contributed by atoms with van der Waals surface area (Å²) < 4.78 is 13.6. The molecule has 1 unspecified atom stereocenters. The van der Waals surface area contributed by atoms with Gasteiger partial charge in [-0.3, -0.25) is 4.79 Å². The van der Waals surface area contributed by atoms with Crippen LogP contribution in [0.4, 0.5) is 0 Å². The monoisotopic (exact) mass is 361 g/mol. The first kappa shape index (κ1) is 16.1. The van der Waals surface area contributed by atoms with Gasteiger partial charge < -0.3 is 9.15 Å². The van der Waals surface area contributed by atoms with Crippen molar-refractivity contribution in [1.82, 2.24) is 14.6 Å². The van der Waals surface area contributed by atoms with Crippen LogP contribution in [0.15, 0.2) is 53.1 Å². The van der Waals surface area contributed by atoms with Gasteiger partial charge in [0, 0.05) is 24.3 Å². The van der Waals surface area contributed by atoms with Crippen LogP contribution in [0, 0.1) is 5.92 Å². The molecule has 0 bridgehead atoms. The molecule has 0 N–H and O–H groups in total. The molecule has 3 aromatic heterocycles. The van der Waals surface area contributed by atoms with Crippen molar-refractivity contribution in [2.45, 2.75) is 25.7 Å². The predicted octanol–water partition coefficient (Wildman–Crippen LogP) is 4.28. The Kier molecular flexibility index (Phi) is 3.89. The van der Waals surface area contributed by atoms with Crippen molar-refractivity contribution in [1.29, 1.82) is 0 Å². The SMILES string of the molecule is O=C1CCCC(COc2ccc3ncc(-c4cc5ccccc5o4)n3n2)C1. The average Bonchev–Trinajstić information content (AvgIpc) is 3.29. The van der Waals surface area contributed by atoms with E-state index >= 15 is 0 Å². The maximum atomic E-state index is 11.6. The lowest BCUT2D eigenvalue weighted by molar-refractivity contribution is -0.121. The average molecular weight is 361 g/mol. The molecule has 0 radical (unpaired) electrons. The smallest absolute Gasteiger partial charge is 0.231 e. The molecular formula is C21H19N3O3. The van der Waals surface area contributed by atoms with E-state index in [-0.39, 0.29) is 5.92 Å². The Balaban J connectivity index is 1.43. The molecule has 1 fully saturated rings. The highest BCUT2D eigenvalue weighted by Crippen LogP contribution is 2.28. The molecule has 4 aromatic rings. The second-order valence-electron chi connectivity index (χ2n) is 7.05. The number of Topliss-reactive ketones (excluding diaryl/α,β-unsaturated/α-hetero) is 1. The number of benzene rings is 1. The zero-order valence-corrected chi connectivity index (χ0v) is 14.8. The Morgan fingerprint density at radius 2 is 2.15 bits per heavy atom. The van der Waals surface area contributed by atoms with Crippen molar-refractivity contribution >= 4 is 22.4 Å². The zero-order chi connectivity index (χ0) is 18.2. The highest BCUT2D eigenvalue weighted by Gasteiger charge is 2.20. The van der Waals surface area contributed by atoms with Crippen molar-refractivity contribution in [3.8, 4) is 17.3 Å². The van der Waals surface area contributed by atoms with Gasteiger partial charge in [-0.1, -0.05) is 18.2 Å². The van der Waals surface area contributed by atoms with E-state index in [0.29, 0.717) is 36.9 Å². The number of rotatable bonds is 4. The van der Waals surface area contributed by atoms with E-state index in [0.717, 1.165) is 35.2 Å². The molecule has 6 nitrogen and oxygen atoms in total. The van der Waals surface area contributed by atoms with E-state index in [1.165, 1.54) is 0 Å². The number of furan rings is 1. The molecule has 1 saturated carbocycles. The highest BCUT2D eigenvalue weighted by molar-refractivity contribution is 5.82. The van der Waals surface area contributed by atoms with E-state index in [1.807, 2.05) is 42.5 Å². The van der Waals surface area contributed by atoms with Crippen LogP contribution in [0.25, 0.3) is 28.1 Å². The number of para-hydroxylation sites is 1. The molecule has 0 aliphatic heterocycles. The highest BCUT2D eigenvalue weighted by atomic mass is 16.5. The number of hydrogen-bond donors (Lipinski definition) is 0. The molecule has 27 heavy (non-hydrogen) atoms. The number of hydrogen-bond acceptors (Lipinski definition) is 5. The van der Waals surface area contributed by atoms with Crippen LogP contribution < -0.4 is 4.74 Å². The molecule has 1 aromatic carbocycles. The summed E-state index contributed by atoms with van der Waals surface area (Å²) in [5.41, 5.74) is 2.34. The van der Waals surface area contributed by atoms with Crippen molar-refractivity contribution in [3.05, 3.63) is 48.7 Å². The Morgan fingerprint density at radius 3 is 3.04 bits per heavy atom. The Labute approximate surface area is 155 Å². The third-order valence-corrected chi connectivity index (χ3v) is 5.07. The van der Waals surface area contributed by atoms with Gasteiger partial charge in [0.2, 0.25) is 5.88 Å². The minimum Gasteiger partial charge on any atom is -0.476 e. The van der Waals surface area contributed by atoms with E-state index in [9.17, 15) is 4.79 Å². The van der Waals surface area contributed by atoms with Gasteiger partial charge in [0.1, 0.15) is 17.1 Å². The van der Waals surface area contributed by atoms with Gasteiger partial charge in [-0.25, -0.2) is 9.50 Å². The van der Waals surface area contributed by atoms with Gasteiger partial charge in [0.25, 0.3) is 0 Å². The molecule has 1 aliphatic carbocycles. The second kappa shape index (κ2) is 6.54. The first-order valence-corrected chi connectivity index (χ1v) is 9.24. The van der Waals surface area contributed by atoms with Gasteiger partial charge >= 0.3 is 0 Å². The maximum absolute atomic E-state index is 11.6. The summed E-state index contributed by atoms with van der Waals surface area (Å²) in [6.07, 6.45) is 5.05. The van der Waals surface area contributed by atoms with Gasteiger partial charge in [-0.2, -0.15) is 0 Å². The molecule has 1 aliphatic rings. The normalized spacial score (nSPS) is 17.6. The Hall–Kier alpha value is -3.15. The van der Waals surface area contributed by atoms with Gasteiger partial charge in [0.05, 0.1) is 12.8 Å². The first-order valence-electron chi connectivity index (χ1n) is 9.24. The first-order chi connectivity index (χ1) is 13.3. The fourth-order valence-electron chi connectivity index (χ4n) is 3.67. The number of imidazole rings is 1. The van der Waals surface area contributed by atoms with Gasteiger partial charge in [-0.15, -0.1) is 5.10 Å². The fourth-order valence-corrected chi connectivity index (χ4v) is 3.67. The number of nitrogens with zero attached hydrogens (tertiary/aromatic N) is 3. The summed E-state index contributed by atoms with van der Waals surface area (Å²) in [4.78, 5) is 16.0. The molecule has 0 amide bonds. The van der Waals surface area contributed by atoms with Crippen LogP contribution in [0.1, 0.15) is 25.7 Å². The summed E-state index contributed by atoms with van der Waals surface area (Å²) in [5.74, 6) is 1.85. The van der Waals surface area contributed by atoms with Crippen LogP contribution >= 0.6 is 0 Å². The van der Waals surface area contributed by atoms with Crippen LogP contribution in [0.3, 0.4) is 0 Å². The third-order valence-electron chi connectivity index (χ3n) is 5.07. The summed E-state index contributed by atoms with van der Waals surface area (Å²) in [6, 6.07) is 13.6. The third kappa shape index (κ3) is 3.07. The van der Waals surface area contributed by atoms with Crippen molar-refractivity contribution < 1.29 is 13.9 Å². The van der Waals surface area contributed by atoms with Crippen LogP contribution in [0.2, 0.25) is 0 Å². The molecule has 0 saturated heterocycles. The molecule has 3 heterocycles. The topological polar surface area (TPSA) is 69.6 Å². The lowest BCUT2D eigenvalue weighted by atomic mass is 9.89. The van der Waals surface area contributed by atoms with E-state index in [2.05, 4.69) is 10.1 Å². The van der Waals surface area contributed by atoms with E-state index in [1.54, 1.807) is 10.7 Å². The number of aromatic nitrogens is 3. The number of carbonyl (C=O) groups excluding carboxylic acids is 1. The number of ketones is 1. The molecule has 6 heteroatoms.